The summed E-state index contributed by atoms with van der Waals surface area (Å²) in [5, 5.41) is 27.7. The van der Waals surface area contributed by atoms with E-state index in [1.807, 2.05) is 42.5 Å². The quantitative estimate of drug-likeness (QED) is 0.0400. The number of aliphatic hydroxyl groups is 2. The van der Waals surface area contributed by atoms with E-state index in [0.717, 1.165) is 114 Å². The van der Waals surface area contributed by atoms with Gasteiger partial charge in [0.05, 0.1) is 24.8 Å². The summed E-state index contributed by atoms with van der Waals surface area (Å²) in [6, 6.07) is 38.8. The van der Waals surface area contributed by atoms with Crippen molar-refractivity contribution in [1.82, 2.24) is 4.90 Å². The largest absolute Gasteiger partial charge is 0.459 e. The Labute approximate surface area is 432 Å². The second-order valence-corrected chi connectivity index (χ2v) is 21.0. The Morgan fingerprint density at radius 2 is 1.53 bits per heavy atom. The minimum absolute atomic E-state index is 0.0693. The van der Waals surface area contributed by atoms with Crippen LogP contribution in [0.4, 0.5) is 0 Å². The molecule has 2 aliphatic heterocycles. The monoisotopic (exact) mass is 987 g/mol. The number of carbonyl (C=O) groups is 1. The number of benzene rings is 5. The molecule has 2 N–H and O–H groups in total. The molecular weight excluding hydrogens is 913 g/mol. The van der Waals surface area contributed by atoms with Crippen LogP contribution < -0.4 is 9.47 Å². The first-order valence-corrected chi connectivity index (χ1v) is 27.4. The smallest absolute Gasteiger partial charge is 0.239 e. The van der Waals surface area contributed by atoms with Gasteiger partial charge in [-0.05, 0) is 126 Å². The first-order chi connectivity index (χ1) is 36.0. The Morgan fingerprint density at radius 3 is 2.32 bits per heavy atom. The molecule has 1 unspecified atom stereocenters. The topological polar surface area (TPSA) is 119 Å². The lowest BCUT2D eigenvalue weighted by atomic mass is 9.55. The molecule has 5 aliphatic rings. The normalized spacial score (nSPS) is 25.1. The Kier molecular flexibility index (Phi) is 16.7. The van der Waals surface area contributed by atoms with Crippen molar-refractivity contribution >= 4 is 22.4 Å². The standard InChI is InChI=1S/C63H74N2O8/c1-2-38-70-63-58(65(59(68)35-28-44-17-6-7-18-44)43-49-24-16-23-47-21-8-9-25-52(47)49)42-56(64-73-60-27-12-15-39-69-60)54-40-48(22-10-13-36-66)53(26-11-14-37-67)61(62(54)63)55-41-51(33-34-57(55)72-63)71-50-31-29-46(30-32-50)45-19-4-3-5-20-45/h2-5,8-9,16,19-21,23-25,29-34,40-41,44,48,53,58,60-62,66-67H,1,6-7,10-15,17-18,22,26-28,35-39,42-43H2/t48-,53+,58-,60?,61+,62+,63+/m0/s1. The van der Waals surface area contributed by atoms with E-state index in [1.54, 1.807) is 6.08 Å². The van der Waals surface area contributed by atoms with Gasteiger partial charge in [-0.25, -0.2) is 0 Å². The van der Waals surface area contributed by atoms with Crippen LogP contribution in [-0.2, 0) is 25.7 Å². The Balaban J connectivity index is 1.14. The van der Waals surface area contributed by atoms with Gasteiger partial charge in [-0.3, -0.25) is 4.79 Å². The van der Waals surface area contributed by atoms with Gasteiger partial charge in [-0.1, -0.05) is 141 Å². The van der Waals surface area contributed by atoms with Crippen molar-refractivity contribution < 1.29 is 38.8 Å². The molecule has 73 heavy (non-hydrogen) atoms. The fourth-order valence-corrected chi connectivity index (χ4v) is 12.9. The highest BCUT2D eigenvalue weighted by molar-refractivity contribution is 6.03. The molecule has 10 heteroatoms. The van der Waals surface area contributed by atoms with E-state index in [1.165, 1.54) is 12.8 Å². The zero-order chi connectivity index (χ0) is 50.0. The lowest BCUT2D eigenvalue weighted by molar-refractivity contribution is -0.258. The molecule has 3 fully saturated rings. The number of fused-ring (bicyclic) bond motifs is 3. The Hall–Kier alpha value is -5.78. The van der Waals surface area contributed by atoms with Crippen molar-refractivity contribution in [3.63, 3.8) is 0 Å². The highest BCUT2D eigenvalue weighted by atomic mass is 16.8. The number of amides is 1. The third-order valence-electron chi connectivity index (χ3n) is 16.4. The fraction of sp³-hybridized carbons (Fsp3) is 0.460. The fourth-order valence-electron chi connectivity index (χ4n) is 12.9. The van der Waals surface area contributed by atoms with E-state index in [-0.39, 0.29) is 43.5 Å². The maximum atomic E-state index is 15.6. The zero-order valence-electron chi connectivity index (χ0n) is 42.5. The maximum Gasteiger partial charge on any atom is 0.239 e. The molecule has 3 aliphatic carbocycles. The van der Waals surface area contributed by atoms with Gasteiger partial charge in [0.1, 0.15) is 23.3 Å². The predicted molar refractivity (Wildman–Crippen MR) is 287 cm³/mol. The summed E-state index contributed by atoms with van der Waals surface area (Å²) in [7, 11) is 0. The van der Waals surface area contributed by atoms with Crippen LogP contribution in [0, 0.1) is 23.7 Å². The molecule has 2 heterocycles. The van der Waals surface area contributed by atoms with Crippen LogP contribution in [0.1, 0.15) is 120 Å². The third kappa shape index (κ3) is 11.3. The number of carbonyl (C=O) groups excluding carboxylic acids is 1. The molecule has 0 bridgehead atoms. The minimum atomic E-state index is -1.38. The summed E-state index contributed by atoms with van der Waals surface area (Å²) < 4.78 is 27.9. The molecule has 5 aromatic rings. The van der Waals surface area contributed by atoms with Crippen LogP contribution in [0.15, 0.2) is 145 Å². The molecule has 384 valence electrons. The van der Waals surface area contributed by atoms with Crippen molar-refractivity contribution in [2.24, 2.45) is 28.8 Å². The second kappa shape index (κ2) is 24.1. The number of oxime groups is 1. The van der Waals surface area contributed by atoms with Gasteiger partial charge in [-0.15, -0.1) is 6.58 Å². The molecule has 5 aromatic carbocycles. The van der Waals surface area contributed by atoms with Gasteiger partial charge < -0.3 is 38.9 Å². The van der Waals surface area contributed by atoms with E-state index in [0.29, 0.717) is 56.3 Å². The molecular formula is C63H74N2O8. The highest BCUT2D eigenvalue weighted by Gasteiger charge is 2.65. The van der Waals surface area contributed by atoms with Crippen molar-refractivity contribution in [1.29, 1.82) is 0 Å². The number of aliphatic hydroxyl groups excluding tert-OH is 2. The van der Waals surface area contributed by atoms with Crippen LogP contribution in [0.25, 0.3) is 21.9 Å². The van der Waals surface area contributed by atoms with Crippen molar-refractivity contribution in [3.05, 3.63) is 151 Å². The lowest BCUT2D eigenvalue weighted by Gasteiger charge is -2.60. The van der Waals surface area contributed by atoms with Gasteiger partial charge in [0.25, 0.3) is 0 Å². The van der Waals surface area contributed by atoms with E-state index in [2.05, 4.69) is 90.4 Å². The Morgan fingerprint density at radius 1 is 0.795 bits per heavy atom. The minimum Gasteiger partial charge on any atom is -0.459 e. The zero-order valence-corrected chi connectivity index (χ0v) is 42.5. The van der Waals surface area contributed by atoms with Crippen LogP contribution in [0.5, 0.6) is 17.2 Å². The first kappa shape index (κ1) is 50.7. The van der Waals surface area contributed by atoms with Crippen LogP contribution in [0.3, 0.4) is 0 Å². The molecule has 1 amide bonds. The van der Waals surface area contributed by atoms with Crippen molar-refractivity contribution in [3.8, 4) is 28.4 Å². The van der Waals surface area contributed by atoms with Gasteiger partial charge in [0.2, 0.25) is 18.0 Å². The van der Waals surface area contributed by atoms with Gasteiger partial charge in [0.15, 0.2) is 0 Å². The van der Waals surface area contributed by atoms with Crippen LogP contribution in [0.2, 0.25) is 0 Å². The predicted octanol–water partition coefficient (Wildman–Crippen LogP) is 13.5. The average Bonchev–Trinajstić information content (AvgIpc) is 3.96. The van der Waals surface area contributed by atoms with Crippen molar-refractivity contribution in [2.75, 3.05) is 26.4 Å². The number of allylic oxidation sites excluding steroid dienone is 1. The van der Waals surface area contributed by atoms with E-state index in [9.17, 15) is 10.2 Å². The molecule has 2 saturated carbocycles. The number of nitrogens with zero attached hydrogens (tertiary/aromatic N) is 2. The van der Waals surface area contributed by atoms with E-state index >= 15 is 4.79 Å². The number of unbranched alkanes of at least 4 members (excludes halogenated alkanes) is 2. The molecule has 0 radical (unpaired) electrons. The second-order valence-electron chi connectivity index (χ2n) is 21.0. The SMILES string of the molecule is C=CCO[C@@]12Oc3ccc(Oc4ccc(-c5ccccc5)cc4)cc3[C@H]3[C@H](CCCCO)[C@@H](CCCCO)C=C(C(=NOC4CCCCO4)C[C@@H]1N(Cc1cccc4ccccc14)C(=O)CCC1CCCC1)[C@H]32. The molecule has 0 aromatic heterocycles. The van der Waals surface area contributed by atoms with E-state index in [4.69, 9.17) is 28.9 Å². The first-order valence-electron chi connectivity index (χ1n) is 27.4. The van der Waals surface area contributed by atoms with Gasteiger partial charge in [-0.2, -0.15) is 0 Å². The third-order valence-corrected chi connectivity index (χ3v) is 16.4. The molecule has 1 saturated heterocycles. The number of hydrogen-bond acceptors (Lipinski definition) is 9. The number of rotatable bonds is 22. The summed E-state index contributed by atoms with van der Waals surface area (Å²) in [6.07, 6.45) is 17.5. The van der Waals surface area contributed by atoms with Crippen LogP contribution in [-0.4, -0.2) is 71.3 Å². The van der Waals surface area contributed by atoms with E-state index < -0.39 is 24.0 Å². The van der Waals surface area contributed by atoms with Crippen LogP contribution >= 0.6 is 0 Å². The van der Waals surface area contributed by atoms with Gasteiger partial charge >= 0.3 is 0 Å². The summed E-state index contributed by atoms with van der Waals surface area (Å²) in [6.45, 7) is 5.56. The van der Waals surface area contributed by atoms with Gasteiger partial charge in [0, 0.05) is 50.5 Å². The molecule has 0 spiro atoms. The molecule has 10 rings (SSSR count). The Bertz CT molecular complexity index is 2690. The number of ether oxygens (including phenoxy) is 4. The summed E-state index contributed by atoms with van der Waals surface area (Å²) in [4.78, 5) is 24.2. The average molecular weight is 987 g/mol. The summed E-state index contributed by atoms with van der Waals surface area (Å²) >= 11 is 0. The molecule has 7 atom stereocenters. The highest BCUT2D eigenvalue weighted by Crippen LogP contribution is 2.62. The molecule has 10 nitrogen and oxygen atoms in total. The van der Waals surface area contributed by atoms with Crippen molar-refractivity contribution in [2.45, 2.75) is 133 Å². The lowest BCUT2D eigenvalue weighted by Crippen LogP contribution is -2.70. The summed E-state index contributed by atoms with van der Waals surface area (Å²) in [5.74, 6) is 0.842. The summed E-state index contributed by atoms with van der Waals surface area (Å²) in [5.41, 5.74) is 6.09. The maximum absolute atomic E-state index is 15.6. The number of hydrogen-bond donors (Lipinski definition) is 2.